The minimum absolute atomic E-state index is 0.145. The van der Waals surface area contributed by atoms with E-state index in [1.807, 2.05) is 31.2 Å². The van der Waals surface area contributed by atoms with Crippen molar-refractivity contribution in [2.24, 2.45) is 0 Å². The summed E-state index contributed by atoms with van der Waals surface area (Å²) in [6.45, 7) is -0.735. The normalized spacial score (nSPS) is 16.0. The van der Waals surface area contributed by atoms with Crippen LogP contribution in [0.15, 0.2) is 48.6 Å². The number of aryl methyl sites for hydroxylation is 1. The Kier molecular flexibility index (Phi) is 1.69. The molecule has 0 atom stereocenters. The number of hydrogen-bond acceptors (Lipinski definition) is 3. The van der Waals surface area contributed by atoms with Gasteiger partial charge in [-0.15, -0.1) is 11.3 Å². The topological polar surface area (TPSA) is 25.8 Å². The summed E-state index contributed by atoms with van der Waals surface area (Å²) in [4.78, 5) is 9.51. The van der Waals surface area contributed by atoms with E-state index in [-0.39, 0.29) is 11.7 Å². The fourth-order valence-electron chi connectivity index (χ4n) is 2.37. The van der Waals surface area contributed by atoms with E-state index >= 15 is 0 Å². The first-order valence-corrected chi connectivity index (χ1v) is 7.27. The van der Waals surface area contributed by atoms with E-state index in [9.17, 15) is 0 Å². The lowest BCUT2D eigenvalue weighted by molar-refractivity contribution is 1.27. The number of fused-ring (bicyclic) bond motifs is 3. The molecule has 3 heteroatoms. The lowest BCUT2D eigenvalue weighted by atomic mass is 10.1. The third kappa shape index (κ3) is 2.01. The largest absolute Gasteiger partial charge is 0.256 e. The van der Waals surface area contributed by atoms with Gasteiger partial charge < -0.3 is 0 Å². The first-order valence-electron chi connectivity index (χ1n) is 9.46. The Bertz CT molecular complexity index is 1210. The summed E-state index contributed by atoms with van der Waals surface area (Å²) in [5, 5.41) is 1.95. The van der Waals surface area contributed by atoms with Crippen LogP contribution in [0.1, 0.15) is 19.5 Å². The zero-order valence-electron chi connectivity index (χ0n) is 17.2. The van der Waals surface area contributed by atoms with Crippen LogP contribution in [0.5, 0.6) is 0 Å². The number of pyridine rings is 2. The summed E-state index contributed by atoms with van der Waals surface area (Å²) >= 11 is 1.46. The molecular weight excluding hydrogens is 276 g/mol. The number of thiophene rings is 1. The van der Waals surface area contributed by atoms with E-state index in [4.69, 9.17) is 8.22 Å². The van der Waals surface area contributed by atoms with Gasteiger partial charge in [-0.05, 0) is 37.5 Å². The second-order valence-corrected chi connectivity index (χ2v) is 5.79. The zero-order chi connectivity index (χ0) is 19.5. The molecule has 0 unspecified atom stereocenters. The summed E-state index contributed by atoms with van der Waals surface area (Å²) in [5.74, 6) is 0. The van der Waals surface area contributed by atoms with Crippen molar-refractivity contribution in [1.29, 1.82) is 0 Å². The number of rotatable bonds is 1. The fraction of sp³-hybridized carbons (Fsp3) is 0.111. The van der Waals surface area contributed by atoms with Gasteiger partial charge in [0.15, 0.2) is 0 Å². The van der Waals surface area contributed by atoms with Gasteiger partial charge in [-0.25, -0.2) is 4.98 Å². The second kappa shape index (κ2) is 4.64. The van der Waals surface area contributed by atoms with Gasteiger partial charge in [-0.3, -0.25) is 4.98 Å². The molecule has 0 radical (unpaired) electrons. The van der Waals surface area contributed by atoms with Crippen LogP contribution in [0.4, 0.5) is 0 Å². The monoisotopic (exact) mass is 296 g/mol. The number of aromatic nitrogens is 2. The smallest absolute Gasteiger partial charge is 0.124 e. The van der Waals surface area contributed by atoms with E-state index in [1.54, 1.807) is 6.07 Å². The Morgan fingerprint density at radius 1 is 1.14 bits per heavy atom. The molecule has 21 heavy (non-hydrogen) atoms. The fourth-order valence-corrected chi connectivity index (χ4v) is 3.61. The van der Waals surface area contributed by atoms with Crippen molar-refractivity contribution in [3.8, 4) is 11.3 Å². The summed E-state index contributed by atoms with van der Waals surface area (Å²) in [7, 11) is 0. The Morgan fingerprint density at radius 2 is 2.10 bits per heavy atom. The van der Waals surface area contributed by atoms with Gasteiger partial charge in [0.05, 0.1) is 9.81 Å². The standard InChI is InChI=1S/C18H14N2S/c1-11-6-9-16(19-10-11)15-5-3-4-13-14-8-7-12(2)20-18(14)21-17(13)15/h3-10H,1-2H3/i1D3,6D,9D,10D. The summed E-state index contributed by atoms with van der Waals surface area (Å²) in [5.41, 5.74) is 1.17. The van der Waals surface area contributed by atoms with Gasteiger partial charge in [0, 0.05) is 37.0 Å². The van der Waals surface area contributed by atoms with Crippen LogP contribution < -0.4 is 0 Å². The Balaban J connectivity index is 2.05. The highest BCUT2D eigenvalue weighted by Gasteiger charge is 2.11. The molecule has 4 aromatic rings. The van der Waals surface area contributed by atoms with Crippen molar-refractivity contribution in [1.82, 2.24) is 9.97 Å². The molecule has 0 fully saturated rings. The van der Waals surface area contributed by atoms with E-state index in [1.165, 1.54) is 11.3 Å². The van der Waals surface area contributed by atoms with Gasteiger partial charge >= 0.3 is 0 Å². The van der Waals surface area contributed by atoms with Gasteiger partial charge in [0.1, 0.15) is 4.83 Å². The van der Waals surface area contributed by atoms with E-state index < -0.39 is 24.6 Å². The van der Waals surface area contributed by atoms with Crippen LogP contribution in [-0.2, 0) is 0 Å². The van der Waals surface area contributed by atoms with Crippen molar-refractivity contribution >= 4 is 31.6 Å². The van der Waals surface area contributed by atoms with E-state index in [0.717, 1.165) is 26.0 Å². The molecule has 4 rings (SSSR count). The third-order valence-electron chi connectivity index (χ3n) is 3.34. The first kappa shape index (κ1) is 7.66. The van der Waals surface area contributed by atoms with Crippen LogP contribution >= 0.6 is 11.3 Å². The SMILES string of the molecule is [2H]c1nc(-c2cccc3c2sc2nc(C)ccc23)c([2H])c([2H])c1C([2H])([2H])[2H]. The molecule has 102 valence electrons. The highest BCUT2D eigenvalue weighted by Crippen LogP contribution is 2.38. The summed E-state index contributed by atoms with van der Waals surface area (Å²) in [6.07, 6.45) is -0.488. The van der Waals surface area contributed by atoms with Crippen molar-refractivity contribution in [2.45, 2.75) is 13.8 Å². The van der Waals surface area contributed by atoms with Crippen LogP contribution in [0, 0.1) is 13.8 Å². The lowest BCUT2D eigenvalue weighted by Crippen LogP contribution is -1.84. The third-order valence-corrected chi connectivity index (χ3v) is 4.49. The summed E-state index contributed by atoms with van der Waals surface area (Å²) in [6, 6.07) is 8.74. The zero-order valence-corrected chi connectivity index (χ0v) is 12.0. The van der Waals surface area contributed by atoms with Crippen LogP contribution in [-0.4, -0.2) is 9.97 Å². The number of benzene rings is 1. The minimum atomic E-state index is -2.65. The molecule has 0 bridgehead atoms. The average Bonchev–Trinajstić information content (AvgIpc) is 2.94. The Labute approximate surface area is 135 Å². The van der Waals surface area contributed by atoms with Crippen LogP contribution in [0.2, 0.25) is 0 Å². The van der Waals surface area contributed by atoms with E-state index in [0.29, 0.717) is 5.56 Å². The second-order valence-electron chi connectivity index (χ2n) is 4.79. The average molecular weight is 296 g/mol. The van der Waals surface area contributed by atoms with E-state index in [2.05, 4.69) is 9.97 Å². The predicted octanol–water partition coefficient (Wildman–Crippen LogP) is 5.13. The van der Waals surface area contributed by atoms with Crippen molar-refractivity contribution < 1.29 is 8.22 Å². The molecule has 0 spiro atoms. The van der Waals surface area contributed by atoms with Gasteiger partial charge in [-0.2, -0.15) is 0 Å². The molecule has 3 aromatic heterocycles. The molecule has 1 aromatic carbocycles. The predicted molar refractivity (Wildman–Crippen MR) is 89.8 cm³/mol. The van der Waals surface area contributed by atoms with Gasteiger partial charge in [0.25, 0.3) is 0 Å². The first-order chi connectivity index (χ1) is 12.7. The minimum Gasteiger partial charge on any atom is -0.256 e. The lowest BCUT2D eigenvalue weighted by Gasteiger charge is -2.02. The molecule has 2 nitrogen and oxygen atoms in total. The van der Waals surface area contributed by atoms with Crippen molar-refractivity contribution in [3.63, 3.8) is 0 Å². The Hall–Kier alpha value is -2.26. The Morgan fingerprint density at radius 3 is 3.00 bits per heavy atom. The maximum Gasteiger partial charge on any atom is 0.124 e. The highest BCUT2D eigenvalue weighted by atomic mass is 32.1. The molecule has 0 N–H and O–H groups in total. The molecule has 0 saturated carbocycles. The maximum atomic E-state index is 8.30. The number of nitrogens with zero attached hydrogens (tertiary/aromatic N) is 2. The molecule has 3 heterocycles. The van der Waals surface area contributed by atoms with Crippen LogP contribution in [0.3, 0.4) is 0 Å². The van der Waals surface area contributed by atoms with Crippen molar-refractivity contribution in [3.05, 3.63) is 59.8 Å². The maximum absolute atomic E-state index is 8.30. The summed E-state index contributed by atoms with van der Waals surface area (Å²) < 4.78 is 47.8. The molecule has 0 aliphatic heterocycles. The molecular formula is C18H14N2S. The van der Waals surface area contributed by atoms with Crippen molar-refractivity contribution in [2.75, 3.05) is 0 Å². The molecule has 0 amide bonds. The highest BCUT2D eigenvalue weighted by molar-refractivity contribution is 7.26. The van der Waals surface area contributed by atoms with Crippen LogP contribution in [0.25, 0.3) is 31.6 Å². The quantitative estimate of drug-likeness (QED) is 0.486. The van der Waals surface area contributed by atoms with Gasteiger partial charge in [0.2, 0.25) is 0 Å². The number of hydrogen-bond donors (Lipinski definition) is 0. The molecule has 0 aliphatic rings. The molecule has 0 saturated heterocycles. The van der Waals surface area contributed by atoms with Gasteiger partial charge in [-0.1, -0.05) is 24.2 Å². The molecule has 0 aliphatic carbocycles.